The first-order chi connectivity index (χ1) is 17.7. The molecular weight excluding hydrogens is 486 g/mol. The van der Waals surface area contributed by atoms with E-state index in [9.17, 15) is 13.2 Å². The highest BCUT2D eigenvalue weighted by Gasteiger charge is 2.27. The molecule has 4 aromatic rings. The highest BCUT2D eigenvalue weighted by Crippen LogP contribution is 2.25. The van der Waals surface area contributed by atoms with Gasteiger partial charge in [-0.1, -0.05) is 36.4 Å². The zero-order chi connectivity index (χ0) is 26.6. The van der Waals surface area contributed by atoms with E-state index in [1.165, 1.54) is 24.5 Å². The van der Waals surface area contributed by atoms with E-state index < -0.39 is 22.5 Å². The van der Waals surface area contributed by atoms with Crippen LogP contribution in [-0.4, -0.2) is 36.6 Å². The third kappa shape index (κ3) is 5.46. The van der Waals surface area contributed by atoms with Gasteiger partial charge in [0.15, 0.2) is 0 Å². The number of amides is 1. The van der Waals surface area contributed by atoms with E-state index in [1.54, 1.807) is 36.5 Å². The topological polar surface area (TPSA) is 96.7 Å². The van der Waals surface area contributed by atoms with Crippen LogP contribution in [0.15, 0.2) is 89.1 Å². The lowest BCUT2D eigenvalue weighted by Crippen LogP contribution is -2.39. The van der Waals surface area contributed by atoms with Crippen molar-refractivity contribution in [2.45, 2.75) is 32.6 Å². The fourth-order valence-electron chi connectivity index (χ4n) is 4.30. The minimum Gasteiger partial charge on any atom is -0.317 e. The van der Waals surface area contributed by atoms with Crippen LogP contribution < -0.4 is 9.73 Å². The van der Waals surface area contributed by atoms with Crippen molar-refractivity contribution in [2.75, 3.05) is 10.8 Å². The number of hydrazone groups is 1. The maximum absolute atomic E-state index is 13.3. The molecule has 2 aromatic heterocycles. The monoisotopic (exact) mass is 515 g/mol. The Kier molecular flexibility index (Phi) is 7.54. The number of para-hydroxylation sites is 1. The molecule has 0 aliphatic rings. The molecule has 0 fully saturated rings. The number of aromatic nitrogens is 2. The number of nitrogens with zero attached hydrogens (tertiary/aromatic N) is 4. The van der Waals surface area contributed by atoms with Crippen LogP contribution in [0, 0.1) is 27.7 Å². The van der Waals surface area contributed by atoms with Crippen LogP contribution in [0.2, 0.25) is 0 Å². The summed E-state index contributed by atoms with van der Waals surface area (Å²) in [6.07, 6.45) is 4.51. The Morgan fingerprint density at radius 2 is 1.70 bits per heavy atom. The van der Waals surface area contributed by atoms with Crippen LogP contribution >= 0.6 is 0 Å². The second kappa shape index (κ2) is 10.8. The summed E-state index contributed by atoms with van der Waals surface area (Å²) in [6, 6.07) is 19.4. The van der Waals surface area contributed by atoms with Gasteiger partial charge in [-0.3, -0.25) is 14.1 Å². The van der Waals surface area contributed by atoms with Crippen molar-refractivity contribution in [2.24, 2.45) is 5.10 Å². The van der Waals surface area contributed by atoms with E-state index in [0.29, 0.717) is 0 Å². The number of hydrogen-bond donors (Lipinski definition) is 1. The van der Waals surface area contributed by atoms with Gasteiger partial charge in [0.2, 0.25) is 0 Å². The molecule has 0 radical (unpaired) electrons. The number of benzene rings is 2. The first-order valence-corrected chi connectivity index (χ1v) is 13.2. The molecular formula is C28H29N5O3S. The molecule has 0 aliphatic heterocycles. The summed E-state index contributed by atoms with van der Waals surface area (Å²) in [4.78, 5) is 16.9. The number of carbonyl (C=O) groups is 1. The van der Waals surface area contributed by atoms with Crippen molar-refractivity contribution in [1.82, 2.24) is 15.0 Å². The summed E-state index contributed by atoms with van der Waals surface area (Å²) in [6.45, 7) is 7.72. The summed E-state index contributed by atoms with van der Waals surface area (Å²) in [7, 11) is -4.00. The summed E-state index contributed by atoms with van der Waals surface area (Å²) in [5.74, 6) is -0.580. The summed E-state index contributed by atoms with van der Waals surface area (Å²) < 4.78 is 29.8. The van der Waals surface area contributed by atoms with E-state index >= 15 is 0 Å². The van der Waals surface area contributed by atoms with E-state index in [0.717, 1.165) is 38.1 Å². The maximum atomic E-state index is 13.3. The Morgan fingerprint density at radius 3 is 2.35 bits per heavy atom. The molecule has 190 valence electrons. The second-order valence-corrected chi connectivity index (χ2v) is 10.6. The van der Waals surface area contributed by atoms with Crippen molar-refractivity contribution in [3.8, 4) is 5.69 Å². The number of rotatable bonds is 8. The molecule has 37 heavy (non-hydrogen) atoms. The number of sulfonamides is 1. The van der Waals surface area contributed by atoms with Gasteiger partial charge in [-0.05, 0) is 69.2 Å². The van der Waals surface area contributed by atoms with Crippen LogP contribution in [0.4, 0.5) is 5.69 Å². The van der Waals surface area contributed by atoms with Gasteiger partial charge in [-0.2, -0.15) is 5.10 Å². The molecule has 0 bridgehead atoms. The molecule has 8 nitrogen and oxygen atoms in total. The lowest BCUT2D eigenvalue weighted by Gasteiger charge is -2.23. The van der Waals surface area contributed by atoms with E-state index in [-0.39, 0.29) is 10.6 Å². The first-order valence-electron chi connectivity index (χ1n) is 11.8. The van der Waals surface area contributed by atoms with Gasteiger partial charge < -0.3 is 4.57 Å². The average Bonchev–Trinajstić information content (AvgIpc) is 3.16. The predicted molar refractivity (Wildman–Crippen MR) is 146 cm³/mol. The first kappa shape index (κ1) is 25.8. The SMILES string of the molecule is Cc1cccc(C)c1-n1c(C)cc(/C=N\NC(=O)CN(c2cccnc2)S(=O)(=O)c2ccccc2)c1C. The lowest BCUT2D eigenvalue weighted by atomic mass is 10.1. The van der Waals surface area contributed by atoms with Gasteiger partial charge in [0.25, 0.3) is 15.9 Å². The van der Waals surface area contributed by atoms with Crippen LogP contribution in [0.3, 0.4) is 0 Å². The smallest absolute Gasteiger partial charge is 0.264 e. The standard InChI is InChI=1S/C28H29N5O3S/c1-20-10-8-11-21(2)28(20)33-22(3)16-24(23(33)4)17-30-31-27(34)19-32(25-12-9-15-29-18-25)37(35,36)26-13-6-5-7-14-26/h5-18H,19H2,1-4H3,(H,31,34)/b30-17-. The van der Waals surface area contributed by atoms with E-state index in [2.05, 4.69) is 46.1 Å². The van der Waals surface area contributed by atoms with E-state index in [1.807, 2.05) is 26.0 Å². The number of anilines is 1. The Morgan fingerprint density at radius 1 is 1.00 bits per heavy atom. The molecule has 0 atom stereocenters. The van der Waals surface area contributed by atoms with Crippen molar-refractivity contribution >= 4 is 27.8 Å². The fraction of sp³-hybridized carbons (Fsp3) is 0.179. The Hall–Kier alpha value is -4.24. The number of nitrogens with one attached hydrogen (secondary N) is 1. The predicted octanol–water partition coefficient (Wildman–Crippen LogP) is 4.45. The molecule has 0 saturated heterocycles. The summed E-state index contributed by atoms with van der Waals surface area (Å²) in [5.41, 5.74) is 9.07. The minimum atomic E-state index is -4.00. The van der Waals surface area contributed by atoms with Crippen LogP contribution in [0.1, 0.15) is 28.1 Å². The number of hydrogen-bond acceptors (Lipinski definition) is 5. The van der Waals surface area contributed by atoms with Gasteiger partial charge in [0.05, 0.1) is 28.7 Å². The maximum Gasteiger partial charge on any atom is 0.264 e. The highest BCUT2D eigenvalue weighted by molar-refractivity contribution is 7.92. The molecule has 0 saturated carbocycles. The molecule has 2 aromatic carbocycles. The molecule has 9 heteroatoms. The number of aryl methyl sites for hydroxylation is 3. The zero-order valence-electron chi connectivity index (χ0n) is 21.2. The molecule has 2 heterocycles. The highest BCUT2D eigenvalue weighted by atomic mass is 32.2. The molecule has 0 spiro atoms. The zero-order valence-corrected chi connectivity index (χ0v) is 22.0. The third-order valence-corrected chi connectivity index (χ3v) is 7.87. The van der Waals surface area contributed by atoms with Gasteiger partial charge in [0.1, 0.15) is 6.54 Å². The van der Waals surface area contributed by atoms with E-state index in [4.69, 9.17) is 0 Å². The summed E-state index contributed by atoms with van der Waals surface area (Å²) in [5, 5.41) is 4.12. The van der Waals surface area contributed by atoms with Gasteiger partial charge >= 0.3 is 0 Å². The van der Waals surface area contributed by atoms with Gasteiger partial charge in [0, 0.05) is 23.1 Å². The third-order valence-electron chi connectivity index (χ3n) is 6.08. The van der Waals surface area contributed by atoms with Crippen molar-refractivity contribution < 1.29 is 13.2 Å². The fourth-order valence-corrected chi connectivity index (χ4v) is 5.72. The number of carbonyl (C=O) groups excluding carboxylic acids is 1. The Bertz CT molecular complexity index is 1530. The molecule has 1 amide bonds. The van der Waals surface area contributed by atoms with Crippen molar-refractivity contribution in [3.63, 3.8) is 0 Å². The quantitative estimate of drug-likeness (QED) is 0.277. The minimum absolute atomic E-state index is 0.0779. The van der Waals surface area contributed by atoms with Crippen LogP contribution in [-0.2, 0) is 14.8 Å². The van der Waals surface area contributed by atoms with Crippen LogP contribution in [0.25, 0.3) is 5.69 Å². The average molecular weight is 516 g/mol. The number of pyridine rings is 1. The van der Waals surface area contributed by atoms with Crippen LogP contribution in [0.5, 0.6) is 0 Å². The normalized spacial score (nSPS) is 11.6. The lowest BCUT2D eigenvalue weighted by molar-refractivity contribution is -0.119. The second-order valence-electron chi connectivity index (χ2n) is 8.73. The largest absolute Gasteiger partial charge is 0.317 e. The van der Waals surface area contributed by atoms with Crippen molar-refractivity contribution in [1.29, 1.82) is 0 Å². The summed E-state index contributed by atoms with van der Waals surface area (Å²) >= 11 is 0. The van der Waals surface area contributed by atoms with Gasteiger partial charge in [-0.25, -0.2) is 13.8 Å². The van der Waals surface area contributed by atoms with Crippen molar-refractivity contribution in [3.05, 3.63) is 107 Å². The Labute approximate surface area is 217 Å². The molecule has 1 N–H and O–H groups in total. The van der Waals surface area contributed by atoms with Gasteiger partial charge in [-0.15, -0.1) is 0 Å². The Balaban J connectivity index is 1.55. The molecule has 0 aliphatic carbocycles. The molecule has 0 unspecified atom stereocenters. The molecule has 4 rings (SSSR count).